The van der Waals surface area contributed by atoms with Crippen molar-refractivity contribution in [3.05, 3.63) is 60.4 Å². The number of methoxy groups -OCH3 is 1. The summed E-state index contributed by atoms with van der Waals surface area (Å²) in [7, 11) is 1.26. The summed E-state index contributed by atoms with van der Waals surface area (Å²) in [5.41, 5.74) is -1.12. The lowest BCUT2D eigenvalue weighted by molar-refractivity contribution is -0.148. The van der Waals surface area contributed by atoms with Gasteiger partial charge in [-0.15, -0.1) is 0 Å². The maximum Gasteiger partial charge on any atom is 0.334 e. The molecule has 1 aromatic heterocycles. The minimum atomic E-state index is -1.33. The Morgan fingerprint density at radius 3 is 2.43 bits per heavy atom. The van der Waals surface area contributed by atoms with E-state index in [1.807, 2.05) is 18.2 Å². The lowest BCUT2D eigenvalue weighted by atomic mass is 10.0. The van der Waals surface area contributed by atoms with E-state index in [1.54, 1.807) is 37.3 Å². The number of hydrogen-bond donors (Lipinski definition) is 1. The van der Waals surface area contributed by atoms with Crippen molar-refractivity contribution in [3.63, 3.8) is 0 Å². The second-order valence-electron chi connectivity index (χ2n) is 5.09. The van der Waals surface area contributed by atoms with Gasteiger partial charge in [0.1, 0.15) is 18.1 Å². The smallest absolute Gasteiger partial charge is 0.334 e. The molecule has 0 saturated heterocycles. The number of hydrogen-bond acceptors (Lipinski definition) is 5. The average molecular weight is 314 g/mol. The highest BCUT2D eigenvalue weighted by molar-refractivity contribution is 5.96. The fourth-order valence-electron chi connectivity index (χ4n) is 1.93. The van der Waals surface area contributed by atoms with Gasteiger partial charge in [0.25, 0.3) is 5.91 Å². The van der Waals surface area contributed by atoms with E-state index in [0.717, 1.165) is 0 Å². The van der Waals surface area contributed by atoms with E-state index >= 15 is 0 Å². The topological polar surface area (TPSA) is 77.5 Å². The minimum absolute atomic E-state index is 0.0672. The number of carbonyl (C=O) groups is 2. The molecule has 0 aliphatic heterocycles. The van der Waals surface area contributed by atoms with Crippen LogP contribution in [0.3, 0.4) is 0 Å². The van der Waals surface area contributed by atoms with E-state index in [0.29, 0.717) is 5.75 Å². The van der Waals surface area contributed by atoms with E-state index in [2.05, 4.69) is 10.3 Å². The van der Waals surface area contributed by atoms with Crippen LogP contribution in [0, 0.1) is 0 Å². The molecule has 2 rings (SSSR count). The predicted octanol–water partition coefficient (Wildman–Crippen LogP) is 1.82. The van der Waals surface area contributed by atoms with Crippen LogP contribution in [0.25, 0.3) is 0 Å². The van der Waals surface area contributed by atoms with Gasteiger partial charge in [0.05, 0.1) is 7.11 Å². The molecular formula is C17H18N2O4. The van der Waals surface area contributed by atoms with Crippen molar-refractivity contribution in [1.29, 1.82) is 0 Å². The second-order valence-corrected chi connectivity index (χ2v) is 5.09. The molecule has 0 radical (unpaired) electrons. The Morgan fingerprint density at radius 1 is 1.13 bits per heavy atom. The van der Waals surface area contributed by atoms with Crippen LogP contribution >= 0.6 is 0 Å². The highest BCUT2D eigenvalue weighted by Gasteiger charge is 2.37. The average Bonchev–Trinajstić information content (AvgIpc) is 2.61. The first-order chi connectivity index (χ1) is 11.0. The third kappa shape index (κ3) is 4.29. The van der Waals surface area contributed by atoms with Crippen molar-refractivity contribution >= 4 is 11.9 Å². The quantitative estimate of drug-likeness (QED) is 0.823. The Kier molecular flexibility index (Phi) is 5.30. The molecule has 0 aliphatic carbocycles. The van der Waals surface area contributed by atoms with Gasteiger partial charge in [-0.25, -0.2) is 4.79 Å². The minimum Gasteiger partial charge on any atom is -0.491 e. The molecule has 6 nitrogen and oxygen atoms in total. The molecule has 2 aromatic rings. The van der Waals surface area contributed by atoms with Crippen molar-refractivity contribution in [3.8, 4) is 5.75 Å². The molecule has 0 aliphatic rings. The summed E-state index contributed by atoms with van der Waals surface area (Å²) < 4.78 is 10.4. The molecule has 0 saturated carbocycles. The molecule has 0 fully saturated rings. The molecule has 1 aromatic carbocycles. The molecule has 6 heteroatoms. The Bertz CT molecular complexity index is 661. The number of ether oxygens (including phenoxy) is 2. The van der Waals surface area contributed by atoms with E-state index in [1.165, 1.54) is 13.3 Å². The number of carbonyl (C=O) groups excluding carboxylic acids is 2. The molecule has 1 heterocycles. The van der Waals surface area contributed by atoms with Gasteiger partial charge < -0.3 is 14.8 Å². The van der Waals surface area contributed by atoms with Crippen molar-refractivity contribution < 1.29 is 19.1 Å². The van der Waals surface area contributed by atoms with Crippen LogP contribution in [0.2, 0.25) is 0 Å². The van der Waals surface area contributed by atoms with E-state index in [-0.39, 0.29) is 12.3 Å². The maximum atomic E-state index is 12.3. The van der Waals surface area contributed by atoms with Gasteiger partial charge in [-0.3, -0.25) is 9.78 Å². The van der Waals surface area contributed by atoms with Crippen molar-refractivity contribution in [2.45, 2.75) is 12.5 Å². The fourth-order valence-corrected chi connectivity index (χ4v) is 1.93. The Hall–Kier alpha value is -2.89. The Balaban J connectivity index is 2.12. The lowest BCUT2D eigenvalue weighted by Crippen LogP contribution is -2.56. The molecule has 120 valence electrons. The summed E-state index contributed by atoms with van der Waals surface area (Å²) in [5.74, 6) is -0.484. The molecule has 1 amide bonds. The number of esters is 1. The molecular weight excluding hydrogens is 296 g/mol. The number of para-hydroxylation sites is 1. The van der Waals surface area contributed by atoms with Gasteiger partial charge in [0.2, 0.25) is 0 Å². The third-order valence-corrected chi connectivity index (χ3v) is 3.19. The normalized spacial score (nSPS) is 12.8. The third-order valence-electron chi connectivity index (χ3n) is 3.19. The number of rotatable bonds is 6. The van der Waals surface area contributed by atoms with Crippen molar-refractivity contribution in [2.75, 3.05) is 13.7 Å². The number of benzene rings is 1. The lowest BCUT2D eigenvalue weighted by Gasteiger charge is -2.27. The highest BCUT2D eigenvalue weighted by atomic mass is 16.5. The van der Waals surface area contributed by atoms with Crippen LogP contribution in [0.15, 0.2) is 54.7 Å². The number of amides is 1. The van der Waals surface area contributed by atoms with Crippen molar-refractivity contribution in [2.24, 2.45) is 0 Å². The Labute approximate surface area is 134 Å². The van der Waals surface area contributed by atoms with Crippen LogP contribution in [0.4, 0.5) is 0 Å². The first kappa shape index (κ1) is 16.5. The van der Waals surface area contributed by atoms with Gasteiger partial charge in [-0.1, -0.05) is 24.3 Å². The molecule has 1 N–H and O–H groups in total. The van der Waals surface area contributed by atoms with E-state index in [4.69, 9.17) is 9.47 Å². The molecule has 1 atom stereocenters. The van der Waals surface area contributed by atoms with Crippen molar-refractivity contribution in [1.82, 2.24) is 10.3 Å². The zero-order valence-electron chi connectivity index (χ0n) is 13.0. The fraction of sp³-hybridized carbons (Fsp3) is 0.235. The summed E-state index contributed by atoms with van der Waals surface area (Å²) in [4.78, 5) is 28.3. The van der Waals surface area contributed by atoms with Gasteiger partial charge >= 0.3 is 5.97 Å². The SMILES string of the molecule is COC(=O)[C@](C)(COc1ccccc1)NC(=O)c1ccccn1. The number of nitrogens with one attached hydrogen (secondary N) is 1. The monoisotopic (exact) mass is 314 g/mol. The summed E-state index contributed by atoms with van der Waals surface area (Å²) in [6, 6.07) is 14.0. The molecule has 23 heavy (non-hydrogen) atoms. The van der Waals surface area contributed by atoms with Crippen LogP contribution in [-0.4, -0.2) is 36.1 Å². The largest absolute Gasteiger partial charge is 0.491 e. The van der Waals surface area contributed by atoms with Crippen LogP contribution < -0.4 is 10.1 Å². The number of pyridine rings is 1. The molecule has 0 bridgehead atoms. The second kappa shape index (κ2) is 7.40. The van der Waals surface area contributed by atoms with Crippen LogP contribution in [0.5, 0.6) is 5.75 Å². The predicted molar refractivity (Wildman–Crippen MR) is 84.1 cm³/mol. The Morgan fingerprint density at radius 2 is 1.83 bits per heavy atom. The highest BCUT2D eigenvalue weighted by Crippen LogP contribution is 2.14. The summed E-state index contributed by atoms with van der Waals surface area (Å²) in [5, 5.41) is 2.63. The summed E-state index contributed by atoms with van der Waals surface area (Å²) >= 11 is 0. The van der Waals surface area contributed by atoms with Gasteiger partial charge in [-0.05, 0) is 31.2 Å². The zero-order chi connectivity index (χ0) is 16.7. The van der Waals surface area contributed by atoms with Crippen LogP contribution in [-0.2, 0) is 9.53 Å². The van der Waals surface area contributed by atoms with Crippen LogP contribution in [0.1, 0.15) is 17.4 Å². The molecule has 0 spiro atoms. The zero-order valence-corrected chi connectivity index (χ0v) is 13.0. The van der Waals surface area contributed by atoms with Gasteiger partial charge in [-0.2, -0.15) is 0 Å². The van der Waals surface area contributed by atoms with E-state index in [9.17, 15) is 9.59 Å². The summed E-state index contributed by atoms with van der Waals surface area (Å²) in [6.45, 7) is 1.48. The molecule has 0 unspecified atom stereocenters. The standard InChI is InChI=1S/C17H18N2O4/c1-17(16(21)22-2,12-23-13-8-4-3-5-9-13)19-15(20)14-10-6-7-11-18-14/h3-11H,12H2,1-2H3,(H,19,20)/t17-/m0/s1. The maximum absolute atomic E-state index is 12.3. The van der Waals surface area contributed by atoms with Gasteiger partial charge in [0.15, 0.2) is 5.54 Å². The summed E-state index contributed by atoms with van der Waals surface area (Å²) in [6.07, 6.45) is 1.50. The van der Waals surface area contributed by atoms with E-state index < -0.39 is 17.4 Å². The first-order valence-corrected chi connectivity index (χ1v) is 7.05. The number of nitrogens with zero attached hydrogens (tertiary/aromatic N) is 1. The van der Waals surface area contributed by atoms with Gasteiger partial charge in [0, 0.05) is 6.20 Å². The number of aromatic nitrogens is 1. The first-order valence-electron chi connectivity index (χ1n) is 7.05.